The summed E-state index contributed by atoms with van der Waals surface area (Å²) in [6.07, 6.45) is 2.04. The highest BCUT2D eigenvalue weighted by atomic mass is 19.1. The number of carbonyl (C=O) groups excluding carboxylic acids is 1. The second kappa shape index (κ2) is 7.68. The first-order chi connectivity index (χ1) is 10.5. The topological polar surface area (TPSA) is 32.3 Å². The van der Waals surface area contributed by atoms with Crippen LogP contribution in [0.5, 0.6) is 0 Å². The summed E-state index contributed by atoms with van der Waals surface area (Å²) in [5.74, 6) is -0.931. The van der Waals surface area contributed by atoms with Crippen LogP contribution in [0.25, 0.3) is 0 Å². The molecule has 122 valence electrons. The molecule has 2 rings (SSSR count). The second-order valence-corrected chi connectivity index (χ2v) is 6.41. The molecule has 0 bridgehead atoms. The van der Waals surface area contributed by atoms with Gasteiger partial charge in [-0.1, -0.05) is 19.9 Å². The monoisotopic (exact) mass is 310 g/mol. The zero-order valence-electron chi connectivity index (χ0n) is 13.2. The Labute approximate surface area is 130 Å². The van der Waals surface area contributed by atoms with Crippen LogP contribution in [0.4, 0.5) is 8.78 Å². The van der Waals surface area contributed by atoms with Gasteiger partial charge in [-0.3, -0.25) is 4.79 Å². The van der Waals surface area contributed by atoms with Gasteiger partial charge in [0.1, 0.15) is 17.2 Å². The lowest BCUT2D eigenvalue weighted by atomic mass is 9.92. The lowest BCUT2D eigenvalue weighted by molar-refractivity contribution is 0.0939. The van der Waals surface area contributed by atoms with E-state index < -0.39 is 23.1 Å². The Kier molecular flexibility index (Phi) is 5.89. The molecule has 0 spiro atoms. The fourth-order valence-electron chi connectivity index (χ4n) is 3.28. The predicted molar refractivity (Wildman–Crippen MR) is 82.7 cm³/mol. The van der Waals surface area contributed by atoms with Crippen molar-refractivity contribution in [2.24, 2.45) is 11.8 Å². The van der Waals surface area contributed by atoms with Crippen molar-refractivity contribution in [2.75, 3.05) is 26.2 Å². The Bertz CT molecular complexity index is 491. The standard InChI is InChI=1S/C17H24F2N2O/c1-12-9-13(2)11-21(10-12)8-4-7-20-17(22)16-14(18)5-3-6-15(16)19/h3,5-6,12-13H,4,7-11H2,1-2H3,(H,20,22)/t12-,13+. The molecule has 0 unspecified atom stereocenters. The molecule has 1 saturated heterocycles. The van der Waals surface area contributed by atoms with E-state index in [1.165, 1.54) is 12.5 Å². The largest absolute Gasteiger partial charge is 0.352 e. The molecule has 1 amide bonds. The van der Waals surface area contributed by atoms with E-state index in [-0.39, 0.29) is 0 Å². The van der Waals surface area contributed by atoms with Crippen molar-refractivity contribution < 1.29 is 13.6 Å². The summed E-state index contributed by atoms with van der Waals surface area (Å²) < 4.78 is 27.0. The van der Waals surface area contributed by atoms with Crippen LogP contribution in [0.15, 0.2) is 18.2 Å². The van der Waals surface area contributed by atoms with E-state index in [1.807, 2.05) is 0 Å². The van der Waals surface area contributed by atoms with Crippen molar-refractivity contribution in [3.63, 3.8) is 0 Å². The van der Waals surface area contributed by atoms with Crippen LogP contribution >= 0.6 is 0 Å². The van der Waals surface area contributed by atoms with Crippen molar-refractivity contribution in [3.8, 4) is 0 Å². The van der Waals surface area contributed by atoms with Gasteiger partial charge in [0.15, 0.2) is 0 Å². The summed E-state index contributed by atoms with van der Waals surface area (Å²) >= 11 is 0. The van der Waals surface area contributed by atoms with Gasteiger partial charge < -0.3 is 10.2 Å². The number of halogens is 2. The molecule has 22 heavy (non-hydrogen) atoms. The zero-order chi connectivity index (χ0) is 16.1. The summed E-state index contributed by atoms with van der Waals surface area (Å²) in [4.78, 5) is 14.2. The average Bonchev–Trinajstić information content (AvgIpc) is 2.42. The molecule has 0 radical (unpaired) electrons. The van der Waals surface area contributed by atoms with Gasteiger partial charge in [0.25, 0.3) is 5.91 Å². The Balaban J connectivity index is 1.76. The zero-order valence-corrected chi connectivity index (χ0v) is 13.2. The van der Waals surface area contributed by atoms with Gasteiger partial charge in [-0.2, -0.15) is 0 Å². The Hall–Kier alpha value is -1.49. The third-order valence-corrected chi connectivity index (χ3v) is 4.07. The van der Waals surface area contributed by atoms with Gasteiger partial charge in [0.2, 0.25) is 0 Å². The molecule has 1 N–H and O–H groups in total. The smallest absolute Gasteiger partial charge is 0.257 e. The minimum absolute atomic E-state index is 0.422. The van der Waals surface area contributed by atoms with Crippen LogP contribution in [0.3, 0.4) is 0 Å². The molecular weight excluding hydrogens is 286 g/mol. The average molecular weight is 310 g/mol. The number of hydrogen-bond acceptors (Lipinski definition) is 2. The van der Waals surface area contributed by atoms with E-state index in [0.29, 0.717) is 18.4 Å². The molecule has 1 aliphatic rings. The van der Waals surface area contributed by atoms with Crippen molar-refractivity contribution in [3.05, 3.63) is 35.4 Å². The highest BCUT2D eigenvalue weighted by Crippen LogP contribution is 2.20. The predicted octanol–water partition coefficient (Wildman–Crippen LogP) is 3.06. The number of nitrogens with zero attached hydrogens (tertiary/aromatic N) is 1. The van der Waals surface area contributed by atoms with Gasteiger partial charge in [-0.25, -0.2) is 8.78 Å². The lowest BCUT2D eigenvalue weighted by Gasteiger charge is -2.34. The number of likely N-dealkylation sites (tertiary alicyclic amines) is 1. The second-order valence-electron chi connectivity index (χ2n) is 6.41. The minimum atomic E-state index is -0.823. The molecular formula is C17H24F2N2O. The van der Waals surface area contributed by atoms with E-state index in [1.54, 1.807) is 0 Å². The molecule has 1 heterocycles. The molecule has 0 aliphatic carbocycles. The van der Waals surface area contributed by atoms with Gasteiger partial charge in [0, 0.05) is 19.6 Å². The number of carbonyl (C=O) groups is 1. The molecule has 0 aromatic heterocycles. The third kappa shape index (κ3) is 4.50. The Morgan fingerprint density at radius 1 is 1.23 bits per heavy atom. The quantitative estimate of drug-likeness (QED) is 0.848. The summed E-state index contributed by atoms with van der Waals surface area (Å²) in [5.41, 5.74) is -0.497. The fourth-order valence-corrected chi connectivity index (χ4v) is 3.28. The Morgan fingerprint density at radius 2 is 1.82 bits per heavy atom. The highest BCUT2D eigenvalue weighted by molar-refractivity contribution is 5.94. The van der Waals surface area contributed by atoms with E-state index in [0.717, 1.165) is 38.2 Å². The maximum atomic E-state index is 13.5. The highest BCUT2D eigenvalue weighted by Gasteiger charge is 2.21. The summed E-state index contributed by atoms with van der Waals surface area (Å²) in [5, 5.41) is 2.60. The van der Waals surface area contributed by atoms with Crippen LogP contribution in [-0.4, -0.2) is 37.0 Å². The number of hydrogen-bond donors (Lipinski definition) is 1. The first kappa shape index (κ1) is 16.9. The van der Waals surface area contributed by atoms with Crippen molar-refractivity contribution >= 4 is 5.91 Å². The van der Waals surface area contributed by atoms with Crippen molar-refractivity contribution in [1.82, 2.24) is 10.2 Å². The number of rotatable bonds is 5. The first-order valence-corrected chi connectivity index (χ1v) is 7.92. The van der Waals surface area contributed by atoms with Crippen LogP contribution in [0, 0.1) is 23.5 Å². The number of piperidine rings is 1. The van der Waals surface area contributed by atoms with Gasteiger partial charge in [0.05, 0.1) is 0 Å². The van der Waals surface area contributed by atoms with Crippen LogP contribution in [-0.2, 0) is 0 Å². The lowest BCUT2D eigenvalue weighted by Crippen LogP contribution is -2.40. The van der Waals surface area contributed by atoms with E-state index in [9.17, 15) is 13.6 Å². The van der Waals surface area contributed by atoms with Crippen LogP contribution in [0.1, 0.15) is 37.0 Å². The number of amides is 1. The normalized spacial score (nSPS) is 22.5. The summed E-state index contributed by atoms with van der Waals surface area (Å²) in [6, 6.07) is 3.43. The van der Waals surface area contributed by atoms with E-state index in [2.05, 4.69) is 24.1 Å². The Morgan fingerprint density at radius 3 is 2.41 bits per heavy atom. The molecule has 1 fully saturated rings. The summed E-state index contributed by atoms with van der Waals surface area (Å²) in [7, 11) is 0. The molecule has 3 nitrogen and oxygen atoms in total. The summed E-state index contributed by atoms with van der Waals surface area (Å²) in [6.45, 7) is 8.00. The van der Waals surface area contributed by atoms with E-state index in [4.69, 9.17) is 0 Å². The van der Waals surface area contributed by atoms with Crippen molar-refractivity contribution in [2.45, 2.75) is 26.7 Å². The fraction of sp³-hybridized carbons (Fsp3) is 0.588. The maximum absolute atomic E-state index is 13.5. The molecule has 2 atom stereocenters. The van der Waals surface area contributed by atoms with Gasteiger partial charge in [-0.05, 0) is 43.4 Å². The molecule has 1 aromatic carbocycles. The third-order valence-electron chi connectivity index (χ3n) is 4.07. The van der Waals surface area contributed by atoms with Crippen molar-refractivity contribution in [1.29, 1.82) is 0 Å². The van der Waals surface area contributed by atoms with E-state index >= 15 is 0 Å². The molecule has 0 saturated carbocycles. The number of nitrogens with one attached hydrogen (secondary N) is 1. The van der Waals surface area contributed by atoms with Gasteiger partial charge >= 0.3 is 0 Å². The molecule has 1 aromatic rings. The van der Waals surface area contributed by atoms with Gasteiger partial charge in [-0.15, -0.1) is 0 Å². The SMILES string of the molecule is C[C@@H]1C[C@H](C)CN(CCCNC(=O)c2c(F)cccc2F)C1. The first-order valence-electron chi connectivity index (χ1n) is 7.92. The molecule has 1 aliphatic heterocycles. The minimum Gasteiger partial charge on any atom is -0.352 e. The number of benzene rings is 1. The molecule has 5 heteroatoms. The maximum Gasteiger partial charge on any atom is 0.257 e. The van der Waals surface area contributed by atoms with Crippen LogP contribution < -0.4 is 5.32 Å². The van der Waals surface area contributed by atoms with Crippen LogP contribution in [0.2, 0.25) is 0 Å².